The normalized spacial score (nSPS) is 16.4. The number of amides is 2. The Balaban J connectivity index is 1.60. The number of nitrogens with zero attached hydrogens (tertiary/aromatic N) is 2. The minimum absolute atomic E-state index is 0.103. The Kier molecular flexibility index (Phi) is 4.94. The van der Waals surface area contributed by atoms with E-state index in [-0.39, 0.29) is 12.1 Å². The molecule has 24 heavy (non-hydrogen) atoms. The van der Waals surface area contributed by atoms with Crippen LogP contribution in [0, 0.1) is 0 Å². The van der Waals surface area contributed by atoms with Gasteiger partial charge in [-0.3, -0.25) is 5.10 Å². The van der Waals surface area contributed by atoms with Crippen LogP contribution in [0.5, 0.6) is 5.75 Å². The van der Waals surface area contributed by atoms with E-state index in [0.717, 1.165) is 30.6 Å². The number of benzene rings is 1. The smallest absolute Gasteiger partial charge is 0.317 e. The van der Waals surface area contributed by atoms with Gasteiger partial charge in [0.1, 0.15) is 5.75 Å². The molecule has 1 aromatic carbocycles. The Labute approximate surface area is 146 Å². The van der Waals surface area contributed by atoms with Gasteiger partial charge < -0.3 is 15.0 Å². The first-order chi connectivity index (χ1) is 11.6. The fraction of sp³-hybridized carbons (Fsp3) is 0.412. The van der Waals surface area contributed by atoms with Crippen LogP contribution in [0.15, 0.2) is 24.4 Å². The van der Waals surface area contributed by atoms with E-state index < -0.39 is 0 Å². The third-order valence-corrected chi connectivity index (χ3v) is 4.58. The molecule has 1 aromatic heterocycles. The lowest BCUT2D eigenvalue weighted by Gasteiger charge is -2.26. The van der Waals surface area contributed by atoms with Gasteiger partial charge in [-0.15, -0.1) is 0 Å². The van der Waals surface area contributed by atoms with Crippen LogP contribution >= 0.6 is 11.6 Å². The maximum Gasteiger partial charge on any atom is 0.317 e. The van der Waals surface area contributed by atoms with Gasteiger partial charge in [0.05, 0.1) is 19.9 Å². The van der Waals surface area contributed by atoms with E-state index in [4.69, 9.17) is 16.3 Å². The van der Waals surface area contributed by atoms with Gasteiger partial charge >= 0.3 is 6.03 Å². The quantitative estimate of drug-likeness (QED) is 0.892. The number of H-pyrrole nitrogens is 1. The van der Waals surface area contributed by atoms with E-state index in [1.807, 2.05) is 18.3 Å². The monoisotopic (exact) mass is 348 g/mol. The lowest BCUT2D eigenvalue weighted by atomic mass is 9.94. The molecular weight excluding hydrogens is 328 g/mol. The van der Waals surface area contributed by atoms with E-state index in [0.29, 0.717) is 11.6 Å². The molecule has 1 atom stereocenters. The number of urea groups is 1. The zero-order valence-electron chi connectivity index (χ0n) is 13.8. The standard InChI is InChI=1S/C17H21ClN4O2/c1-22(10-12-7-13(18)3-6-16(12)24-2)17(23)20-14-4-5-15-11(8-14)9-19-21-15/h3,6-7,9,14H,4-5,8,10H2,1-2H3,(H,19,21)(H,20,23). The summed E-state index contributed by atoms with van der Waals surface area (Å²) in [6.45, 7) is 0.430. The maximum atomic E-state index is 12.5. The largest absolute Gasteiger partial charge is 0.496 e. The zero-order chi connectivity index (χ0) is 17.1. The number of nitrogens with one attached hydrogen (secondary N) is 2. The van der Waals surface area contributed by atoms with Crippen molar-refractivity contribution in [1.82, 2.24) is 20.4 Å². The number of hydrogen-bond acceptors (Lipinski definition) is 3. The minimum atomic E-state index is -0.103. The number of carbonyl (C=O) groups excluding carboxylic acids is 1. The molecule has 1 heterocycles. The second kappa shape index (κ2) is 7.13. The van der Waals surface area contributed by atoms with E-state index >= 15 is 0 Å². The van der Waals surface area contributed by atoms with Crippen LogP contribution in [-0.4, -0.2) is 41.3 Å². The first-order valence-electron chi connectivity index (χ1n) is 7.92. The van der Waals surface area contributed by atoms with Crippen LogP contribution in [-0.2, 0) is 19.4 Å². The molecule has 0 radical (unpaired) electrons. The average molecular weight is 349 g/mol. The molecule has 0 fully saturated rings. The summed E-state index contributed by atoms with van der Waals surface area (Å²) < 4.78 is 5.33. The number of rotatable bonds is 4. The molecule has 0 saturated heterocycles. The summed E-state index contributed by atoms with van der Waals surface area (Å²) in [6.07, 6.45) is 4.47. The van der Waals surface area contributed by atoms with Gasteiger partial charge in [-0.1, -0.05) is 11.6 Å². The molecule has 2 N–H and O–H groups in total. The van der Waals surface area contributed by atoms with E-state index in [9.17, 15) is 4.79 Å². The Morgan fingerprint density at radius 1 is 1.54 bits per heavy atom. The molecule has 128 valence electrons. The van der Waals surface area contributed by atoms with Crippen molar-refractivity contribution in [2.45, 2.75) is 31.8 Å². The summed E-state index contributed by atoms with van der Waals surface area (Å²) in [5.74, 6) is 0.722. The maximum absolute atomic E-state index is 12.5. The van der Waals surface area contributed by atoms with Crippen molar-refractivity contribution in [2.24, 2.45) is 0 Å². The number of halogens is 1. The third kappa shape index (κ3) is 3.64. The molecular formula is C17H21ClN4O2. The van der Waals surface area contributed by atoms with Crippen LogP contribution < -0.4 is 10.1 Å². The summed E-state index contributed by atoms with van der Waals surface area (Å²) >= 11 is 6.05. The minimum Gasteiger partial charge on any atom is -0.496 e. The molecule has 0 bridgehead atoms. The topological polar surface area (TPSA) is 70.2 Å². The summed E-state index contributed by atoms with van der Waals surface area (Å²) in [4.78, 5) is 14.1. The lowest BCUT2D eigenvalue weighted by molar-refractivity contribution is 0.200. The van der Waals surface area contributed by atoms with Crippen molar-refractivity contribution in [3.8, 4) is 5.75 Å². The number of carbonyl (C=O) groups is 1. The molecule has 3 rings (SSSR count). The third-order valence-electron chi connectivity index (χ3n) is 4.34. The predicted octanol–water partition coefficient (Wildman–Crippen LogP) is 2.77. The highest BCUT2D eigenvalue weighted by atomic mass is 35.5. The van der Waals surface area contributed by atoms with E-state index in [2.05, 4.69) is 15.5 Å². The van der Waals surface area contributed by atoms with Crippen LogP contribution in [0.1, 0.15) is 23.2 Å². The average Bonchev–Trinajstić information content (AvgIpc) is 3.02. The highest BCUT2D eigenvalue weighted by molar-refractivity contribution is 6.30. The van der Waals surface area contributed by atoms with E-state index in [1.54, 1.807) is 25.1 Å². The van der Waals surface area contributed by atoms with Gasteiger partial charge in [-0.25, -0.2) is 4.79 Å². The first kappa shape index (κ1) is 16.6. The summed E-state index contributed by atoms with van der Waals surface area (Å²) in [5, 5.41) is 10.8. The second-order valence-corrected chi connectivity index (χ2v) is 6.51. The van der Waals surface area contributed by atoms with Crippen molar-refractivity contribution in [3.63, 3.8) is 0 Å². The van der Waals surface area contributed by atoms with Gasteiger partial charge in [0.2, 0.25) is 0 Å². The van der Waals surface area contributed by atoms with Gasteiger partial charge in [0.15, 0.2) is 0 Å². The number of aryl methyl sites for hydroxylation is 1. The fourth-order valence-corrected chi connectivity index (χ4v) is 3.22. The van der Waals surface area contributed by atoms with Crippen LogP contribution in [0.25, 0.3) is 0 Å². The van der Waals surface area contributed by atoms with Gasteiger partial charge in [0, 0.05) is 29.4 Å². The number of fused-ring (bicyclic) bond motifs is 1. The molecule has 2 aromatic rings. The van der Waals surface area contributed by atoms with Crippen LogP contribution in [0.2, 0.25) is 5.02 Å². The molecule has 0 saturated carbocycles. The highest BCUT2D eigenvalue weighted by Gasteiger charge is 2.23. The number of aromatic nitrogens is 2. The van der Waals surface area contributed by atoms with Crippen LogP contribution in [0.3, 0.4) is 0 Å². The van der Waals surface area contributed by atoms with Crippen molar-refractivity contribution < 1.29 is 9.53 Å². The molecule has 0 spiro atoms. The zero-order valence-corrected chi connectivity index (χ0v) is 14.6. The fourth-order valence-electron chi connectivity index (χ4n) is 3.02. The number of aromatic amines is 1. The summed E-state index contributed by atoms with van der Waals surface area (Å²) in [5.41, 5.74) is 3.24. The Bertz CT molecular complexity index is 731. The Morgan fingerprint density at radius 2 is 2.38 bits per heavy atom. The van der Waals surface area contributed by atoms with Gasteiger partial charge in [-0.05, 0) is 43.0 Å². The van der Waals surface area contributed by atoms with Gasteiger partial charge in [0.25, 0.3) is 0 Å². The number of methoxy groups -OCH3 is 1. The van der Waals surface area contributed by atoms with Crippen molar-refractivity contribution in [3.05, 3.63) is 46.2 Å². The number of ether oxygens (including phenoxy) is 1. The lowest BCUT2D eigenvalue weighted by Crippen LogP contribution is -2.45. The first-order valence-corrected chi connectivity index (χ1v) is 8.29. The molecule has 1 aliphatic rings. The Hall–Kier alpha value is -2.21. The Morgan fingerprint density at radius 3 is 3.17 bits per heavy atom. The highest BCUT2D eigenvalue weighted by Crippen LogP contribution is 2.24. The molecule has 1 unspecified atom stereocenters. The number of hydrogen-bond donors (Lipinski definition) is 2. The second-order valence-electron chi connectivity index (χ2n) is 6.08. The van der Waals surface area contributed by atoms with Crippen molar-refractivity contribution in [2.75, 3.05) is 14.2 Å². The van der Waals surface area contributed by atoms with E-state index in [1.165, 1.54) is 11.3 Å². The molecule has 2 amide bonds. The van der Waals surface area contributed by atoms with Crippen molar-refractivity contribution in [1.29, 1.82) is 0 Å². The summed E-state index contributed by atoms with van der Waals surface area (Å²) in [7, 11) is 3.37. The molecule has 1 aliphatic carbocycles. The molecule has 6 nitrogen and oxygen atoms in total. The predicted molar refractivity (Wildman–Crippen MR) is 92.4 cm³/mol. The summed E-state index contributed by atoms with van der Waals surface area (Å²) in [6, 6.07) is 5.43. The molecule has 7 heteroatoms. The molecule has 0 aliphatic heterocycles. The van der Waals surface area contributed by atoms with Crippen molar-refractivity contribution >= 4 is 17.6 Å². The van der Waals surface area contributed by atoms with Gasteiger partial charge in [-0.2, -0.15) is 5.10 Å². The SMILES string of the molecule is COc1ccc(Cl)cc1CN(C)C(=O)NC1CCc2[nH]ncc2C1. The van der Waals surface area contributed by atoms with Crippen LogP contribution in [0.4, 0.5) is 4.79 Å².